The van der Waals surface area contributed by atoms with E-state index in [0.29, 0.717) is 18.9 Å². The molecule has 2 rings (SSSR count). The Hall–Kier alpha value is -2.28. The molecule has 1 aromatic carbocycles. The second-order valence-corrected chi connectivity index (χ2v) is 6.22. The molecular weight excluding hydrogens is 311 g/mol. The smallest absolute Gasteiger partial charge is 0.251 e. The summed E-state index contributed by atoms with van der Waals surface area (Å²) in [5, 5.41) is 15.8. The van der Waals surface area contributed by atoms with E-state index in [0.717, 1.165) is 6.42 Å². The van der Waals surface area contributed by atoms with Crippen LogP contribution in [0.2, 0.25) is 0 Å². The van der Waals surface area contributed by atoms with E-state index in [9.17, 15) is 9.18 Å². The van der Waals surface area contributed by atoms with Crippen molar-refractivity contribution in [2.24, 2.45) is 11.8 Å². The number of aliphatic hydroxyl groups excluding tert-OH is 1. The van der Waals surface area contributed by atoms with Crippen LogP contribution in [0.5, 0.6) is 0 Å². The first kappa shape index (κ1) is 18.1. The van der Waals surface area contributed by atoms with Gasteiger partial charge in [-0.15, -0.1) is 0 Å². The molecule has 1 amide bonds. The number of nitrogens with zero attached hydrogens (tertiary/aromatic N) is 3. The fraction of sp³-hybridized carbons (Fsp3) is 0.471. The molecule has 1 unspecified atom stereocenters. The first-order valence-corrected chi connectivity index (χ1v) is 8.05. The zero-order chi connectivity index (χ0) is 17.5. The van der Waals surface area contributed by atoms with Gasteiger partial charge in [-0.05, 0) is 42.9 Å². The molecule has 130 valence electrons. The normalized spacial score (nSPS) is 12.4. The average molecular weight is 334 g/mol. The first-order valence-electron chi connectivity index (χ1n) is 8.05. The number of halogens is 1. The summed E-state index contributed by atoms with van der Waals surface area (Å²) in [5.74, 6) is -0.177. The van der Waals surface area contributed by atoms with Crippen molar-refractivity contribution < 1.29 is 14.3 Å². The lowest BCUT2D eigenvalue weighted by Gasteiger charge is -2.18. The minimum Gasteiger partial charge on any atom is -0.396 e. The average Bonchev–Trinajstić information content (AvgIpc) is 3.06. The number of hydrogen-bond acceptors (Lipinski definition) is 4. The van der Waals surface area contributed by atoms with Gasteiger partial charge < -0.3 is 10.4 Å². The number of hydrogen-bond donors (Lipinski definition) is 2. The van der Waals surface area contributed by atoms with E-state index in [4.69, 9.17) is 5.11 Å². The van der Waals surface area contributed by atoms with Crippen LogP contribution in [0.15, 0.2) is 30.9 Å². The van der Waals surface area contributed by atoms with Gasteiger partial charge in [0.15, 0.2) is 0 Å². The van der Waals surface area contributed by atoms with Gasteiger partial charge >= 0.3 is 0 Å². The van der Waals surface area contributed by atoms with E-state index in [1.54, 1.807) is 6.07 Å². The molecule has 2 aromatic rings. The van der Waals surface area contributed by atoms with Gasteiger partial charge in [0.05, 0.1) is 0 Å². The number of rotatable bonds is 8. The number of aliphatic hydroxyl groups is 1. The molecule has 0 aliphatic heterocycles. The zero-order valence-electron chi connectivity index (χ0n) is 13.9. The van der Waals surface area contributed by atoms with Crippen LogP contribution in [-0.4, -0.2) is 38.9 Å². The van der Waals surface area contributed by atoms with Gasteiger partial charge in [0.25, 0.3) is 5.91 Å². The molecule has 6 nitrogen and oxygen atoms in total. The van der Waals surface area contributed by atoms with Crippen molar-refractivity contribution in [3.05, 3.63) is 42.2 Å². The molecule has 1 aromatic heterocycles. The van der Waals surface area contributed by atoms with Gasteiger partial charge in [-0.2, -0.15) is 5.10 Å². The molecule has 2 N–H and O–H groups in total. The summed E-state index contributed by atoms with van der Waals surface area (Å²) in [7, 11) is 0. The molecule has 0 fully saturated rings. The van der Waals surface area contributed by atoms with Crippen molar-refractivity contribution in [1.82, 2.24) is 20.1 Å². The molecule has 0 bridgehead atoms. The SMILES string of the molecule is CC(C)CC(CCO)CNC(=O)c1ccc(-n2cncn2)c(F)c1. The number of amides is 1. The summed E-state index contributed by atoms with van der Waals surface area (Å²) in [6, 6.07) is 4.24. The summed E-state index contributed by atoms with van der Waals surface area (Å²) in [6.45, 7) is 4.76. The van der Waals surface area contributed by atoms with Gasteiger partial charge in [0, 0.05) is 18.7 Å². The maximum atomic E-state index is 14.2. The topological polar surface area (TPSA) is 80.0 Å². The summed E-state index contributed by atoms with van der Waals surface area (Å²) >= 11 is 0. The molecule has 0 aliphatic carbocycles. The van der Waals surface area contributed by atoms with Crippen molar-refractivity contribution in [3.8, 4) is 5.69 Å². The molecule has 0 aliphatic rings. The van der Waals surface area contributed by atoms with Crippen LogP contribution in [0.4, 0.5) is 4.39 Å². The predicted molar refractivity (Wildman–Crippen MR) is 88.3 cm³/mol. The fourth-order valence-electron chi connectivity index (χ4n) is 2.66. The summed E-state index contributed by atoms with van der Waals surface area (Å²) < 4.78 is 15.5. The Morgan fingerprint density at radius 2 is 2.21 bits per heavy atom. The molecule has 1 atom stereocenters. The zero-order valence-corrected chi connectivity index (χ0v) is 13.9. The Labute approximate surface area is 140 Å². The highest BCUT2D eigenvalue weighted by atomic mass is 19.1. The Balaban J connectivity index is 2.00. The quantitative estimate of drug-likeness (QED) is 0.775. The number of aromatic nitrogens is 3. The monoisotopic (exact) mass is 334 g/mol. The molecule has 24 heavy (non-hydrogen) atoms. The molecule has 0 saturated carbocycles. The standard InChI is InChI=1S/C17H23FN4O2/c1-12(2)7-13(5-6-23)9-20-17(24)14-3-4-16(15(18)8-14)22-11-19-10-21-22/h3-4,8,10-13,23H,5-7,9H2,1-2H3,(H,20,24). The van der Waals surface area contributed by atoms with E-state index in [-0.39, 0.29) is 29.7 Å². The first-order chi connectivity index (χ1) is 11.5. The Morgan fingerprint density at radius 3 is 2.79 bits per heavy atom. The highest BCUT2D eigenvalue weighted by Crippen LogP contribution is 2.16. The van der Waals surface area contributed by atoms with Crippen molar-refractivity contribution in [2.75, 3.05) is 13.2 Å². The molecular formula is C17H23FN4O2. The number of carbonyl (C=O) groups excluding carboxylic acids is 1. The lowest BCUT2D eigenvalue weighted by Crippen LogP contribution is -2.30. The third-order valence-corrected chi connectivity index (χ3v) is 3.77. The van der Waals surface area contributed by atoms with Crippen molar-refractivity contribution in [1.29, 1.82) is 0 Å². The third-order valence-electron chi connectivity index (χ3n) is 3.77. The Morgan fingerprint density at radius 1 is 1.42 bits per heavy atom. The maximum absolute atomic E-state index is 14.2. The Kier molecular flexibility index (Phi) is 6.43. The fourth-order valence-corrected chi connectivity index (χ4v) is 2.66. The van der Waals surface area contributed by atoms with E-state index in [1.165, 1.54) is 29.5 Å². The summed E-state index contributed by atoms with van der Waals surface area (Å²) in [5.41, 5.74) is 0.491. The predicted octanol–water partition coefficient (Wildman–Crippen LogP) is 2.18. The lowest BCUT2D eigenvalue weighted by molar-refractivity contribution is 0.0941. The summed E-state index contributed by atoms with van der Waals surface area (Å²) in [4.78, 5) is 16.0. The van der Waals surface area contributed by atoms with Crippen molar-refractivity contribution in [2.45, 2.75) is 26.7 Å². The van der Waals surface area contributed by atoms with Crippen LogP contribution < -0.4 is 5.32 Å². The minimum absolute atomic E-state index is 0.0918. The van der Waals surface area contributed by atoms with Crippen LogP contribution in [0, 0.1) is 17.7 Å². The number of carbonyl (C=O) groups is 1. The second kappa shape index (κ2) is 8.54. The Bertz CT molecular complexity index is 659. The maximum Gasteiger partial charge on any atom is 0.251 e. The largest absolute Gasteiger partial charge is 0.396 e. The highest BCUT2D eigenvalue weighted by molar-refractivity contribution is 5.94. The van der Waals surface area contributed by atoms with Crippen molar-refractivity contribution in [3.63, 3.8) is 0 Å². The van der Waals surface area contributed by atoms with E-state index < -0.39 is 5.82 Å². The molecule has 7 heteroatoms. The van der Waals surface area contributed by atoms with Gasteiger partial charge in [-0.25, -0.2) is 14.1 Å². The van der Waals surface area contributed by atoms with Crippen LogP contribution in [-0.2, 0) is 0 Å². The number of nitrogens with one attached hydrogen (secondary N) is 1. The minimum atomic E-state index is -0.540. The van der Waals surface area contributed by atoms with E-state index in [2.05, 4.69) is 29.2 Å². The van der Waals surface area contributed by atoms with E-state index >= 15 is 0 Å². The molecule has 0 spiro atoms. The van der Waals surface area contributed by atoms with Crippen molar-refractivity contribution >= 4 is 5.91 Å². The summed E-state index contributed by atoms with van der Waals surface area (Å²) in [6.07, 6.45) is 4.26. The number of benzene rings is 1. The van der Waals surface area contributed by atoms with Gasteiger partial charge in [0.2, 0.25) is 0 Å². The van der Waals surface area contributed by atoms with Gasteiger partial charge in [-0.3, -0.25) is 4.79 Å². The van der Waals surface area contributed by atoms with Crippen LogP contribution in [0.1, 0.15) is 37.0 Å². The molecule has 1 heterocycles. The van der Waals surface area contributed by atoms with E-state index in [1.807, 2.05) is 0 Å². The van der Waals surface area contributed by atoms with Gasteiger partial charge in [0.1, 0.15) is 24.2 Å². The van der Waals surface area contributed by atoms with Crippen LogP contribution >= 0.6 is 0 Å². The van der Waals surface area contributed by atoms with Crippen LogP contribution in [0.25, 0.3) is 5.69 Å². The van der Waals surface area contributed by atoms with Crippen LogP contribution in [0.3, 0.4) is 0 Å². The molecule has 0 radical (unpaired) electrons. The lowest BCUT2D eigenvalue weighted by atomic mass is 9.94. The molecule has 0 saturated heterocycles. The third kappa shape index (κ3) is 4.86. The second-order valence-electron chi connectivity index (χ2n) is 6.22. The van der Waals surface area contributed by atoms with Gasteiger partial charge in [-0.1, -0.05) is 13.8 Å². The highest BCUT2D eigenvalue weighted by Gasteiger charge is 2.15.